The van der Waals surface area contributed by atoms with Crippen LogP contribution in [0, 0.1) is 10.1 Å². The Bertz CT molecular complexity index is 515. The topological polar surface area (TPSA) is 68.9 Å². The monoisotopic (exact) mass is 209 g/mol. The van der Waals surface area contributed by atoms with Gasteiger partial charge in [-0.15, -0.1) is 0 Å². The van der Waals surface area contributed by atoms with Crippen LogP contribution in [0.25, 0.3) is 10.9 Å². The molecule has 1 aromatic carbocycles. The number of nitro groups is 1. The molecule has 14 heavy (non-hydrogen) atoms. The zero-order chi connectivity index (χ0) is 10.1. The summed E-state index contributed by atoms with van der Waals surface area (Å²) in [5.74, 6) is 0. The molecule has 0 aliphatic rings. The van der Waals surface area contributed by atoms with Gasteiger partial charge in [0.2, 0.25) is 0 Å². The second kappa shape index (κ2) is 3.19. The molecule has 0 saturated heterocycles. The predicted molar refractivity (Wildman–Crippen MR) is 51.2 cm³/mol. The Morgan fingerprint density at radius 1 is 1.43 bits per heavy atom. The number of hydrogen-bond donors (Lipinski definition) is 0. The molecule has 6 heteroatoms. The van der Waals surface area contributed by atoms with Crippen molar-refractivity contribution in [3.05, 3.63) is 39.5 Å². The molecule has 0 N–H and O–H groups in total. The van der Waals surface area contributed by atoms with Crippen molar-refractivity contribution in [1.29, 1.82) is 0 Å². The molecule has 0 radical (unpaired) electrons. The normalized spacial score (nSPS) is 10.4. The van der Waals surface area contributed by atoms with E-state index >= 15 is 0 Å². The quantitative estimate of drug-likeness (QED) is 0.533. The van der Waals surface area contributed by atoms with Gasteiger partial charge in [0, 0.05) is 17.5 Å². The SMILES string of the molecule is O=[N+]([O-])c1ccc2c(Cl)cnnc2c1. The summed E-state index contributed by atoms with van der Waals surface area (Å²) in [6.07, 6.45) is 1.40. The highest BCUT2D eigenvalue weighted by molar-refractivity contribution is 6.35. The van der Waals surface area contributed by atoms with Crippen molar-refractivity contribution >= 4 is 28.2 Å². The van der Waals surface area contributed by atoms with E-state index in [-0.39, 0.29) is 5.69 Å². The summed E-state index contributed by atoms with van der Waals surface area (Å²) in [6, 6.07) is 4.29. The Kier molecular flexibility index (Phi) is 2.01. The molecule has 0 spiro atoms. The van der Waals surface area contributed by atoms with Gasteiger partial charge in [0.15, 0.2) is 0 Å². The van der Waals surface area contributed by atoms with Crippen LogP contribution >= 0.6 is 11.6 Å². The summed E-state index contributed by atoms with van der Waals surface area (Å²) in [6.45, 7) is 0. The van der Waals surface area contributed by atoms with E-state index in [1.165, 1.54) is 18.3 Å². The maximum absolute atomic E-state index is 10.5. The zero-order valence-electron chi connectivity index (χ0n) is 6.85. The summed E-state index contributed by atoms with van der Waals surface area (Å²) in [7, 11) is 0. The third-order valence-electron chi connectivity index (χ3n) is 1.79. The molecular weight excluding hydrogens is 206 g/mol. The molecule has 1 aromatic heterocycles. The van der Waals surface area contributed by atoms with Crippen molar-refractivity contribution in [2.75, 3.05) is 0 Å². The average molecular weight is 210 g/mol. The molecule has 2 rings (SSSR count). The number of hydrogen-bond acceptors (Lipinski definition) is 4. The number of benzene rings is 1. The first kappa shape index (κ1) is 8.83. The third-order valence-corrected chi connectivity index (χ3v) is 2.09. The Morgan fingerprint density at radius 2 is 2.21 bits per heavy atom. The Hall–Kier alpha value is -1.75. The number of rotatable bonds is 1. The first-order valence-corrected chi connectivity index (χ1v) is 4.11. The van der Waals surface area contributed by atoms with E-state index < -0.39 is 4.92 Å². The smallest absolute Gasteiger partial charge is 0.258 e. The number of fused-ring (bicyclic) bond motifs is 1. The largest absolute Gasteiger partial charge is 0.271 e. The molecule has 0 atom stereocenters. The minimum absolute atomic E-state index is 0.0194. The van der Waals surface area contributed by atoms with Crippen LogP contribution in [0.5, 0.6) is 0 Å². The van der Waals surface area contributed by atoms with Gasteiger partial charge in [0.25, 0.3) is 5.69 Å². The minimum atomic E-state index is -0.484. The molecule has 0 unspecified atom stereocenters. The molecule has 0 saturated carbocycles. The highest BCUT2D eigenvalue weighted by Crippen LogP contribution is 2.23. The van der Waals surface area contributed by atoms with Crippen molar-refractivity contribution in [2.45, 2.75) is 0 Å². The van der Waals surface area contributed by atoms with Gasteiger partial charge < -0.3 is 0 Å². The van der Waals surface area contributed by atoms with Gasteiger partial charge in [-0.2, -0.15) is 10.2 Å². The lowest BCUT2D eigenvalue weighted by molar-refractivity contribution is -0.384. The zero-order valence-corrected chi connectivity index (χ0v) is 7.60. The minimum Gasteiger partial charge on any atom is -0.258 e. The molecule has 0 fully saturated rings. The van der Waals surface area contributed by atoms with Crippen LogP contribution < -0.4 is 0 Å². The second-order valence-electron chi connectivity index (χ2n) is 2.65. The van der Waals surface area contributed by atoms with Crippen LogP contribution in [0.1, 0.15) is 0 Å². The van der Waals surface area contributed by atoms with Crippen molar-refractivity contribution in [2.24, 2.45) is 0 Å². The lowest BCUT2D eigenvalue weighted by Crippen LogP contribution is -1.89. The van der Waals surface area contributed by atoms with Crippen LogP contribution in [0.3, 0.4) is 0 Å². The van der Waals surface area contributed by atoms with Crippen LogP contribution in [0.2, 0.25) is 5.02 Å². The fourth-order valence-corrected chi connectivity index (χ4v) is 1.33. The van der Waals surface area contributed by atoms with Crippen LogP contribution in [0.4, 0.5) is 5.69 Å². The van der Waals surface area contributed by atoms with E-state index in [0.29, 0.717) is 15.9 Å². The van der Waals surface area contributed by atoms with Crippen LogP contribution in [-0.4, -0.2) is 15.1 Å². The van der Waals surface area contributed by atoms with E-state index in [1.807, 2.05) is 0 Å². The fourth-order valence-electron chi connectivity index (χ4n) is 1.13. The van der Waals surface area contributed by atoms with E-state index in [0.717, 1.165) is 0 Å². The summed E-state index contributed by atoms with van der Waals surface area (Å²) < 4.78 is 0. The van der Waals surface area contributed by atoms with Crippen molar-refractivity contribution in [3.63, 3.8) is 0 Å². The molecule has 0 amide bonds. The van der Waals surface area contributed by atoms with Crippen LogP contribution in [-0.2, 0) is 0 Å². The summed E-state index contributed by atoms with van der Waals surface area (Å²) in [5.41, 5.74) is 0.403. The molecule has 0 aliphatic heterocycles. The number of halogens is 1. The molecule has 0 bridgehead atoms. The number of nitrogens with zero attached hydrogens (tertiary/aromatic N) is 3. The van der Waals surface area contributed by atoms with Crippen molar-refractivity contribution in [3.8, 4) is 0 Å². The second-order valence-corrected chi connectivity index (χ2v) is 3.06. The van der Waals surface area contributed by atoms with Gasteiger partial charge in [-0.05, 0) is 6.07 Å². The molecule has 0 aliphatic carbocycles. The first-order chi connectivity index (χ1) is 6.68. The van der Waals surface area contributed by atoms with E-state index in [2.05, 4.69) is 10.2 Å². The van der Waals surface area contributed by atoms with Gasteiger partial charge in [0.1, 0.15) is 5.52 Å². The number of nitro benzene ring substituents is 1. The summed E-state index contributed by atoms with van der Waals surface area (Å²) in [4.78, 5) is 9.97. The lowest BCUT2D eigenvalue weighted by Gasteiger charge is -1.97. The van der Waals surface area contributed by atoms with Crippen LogP contribution in [0.15, 0.2) is 24.4 Å². The van der Waals surface area contributed by atoms with Gasteiger partial charge >= 0.3 is 0 Å². The maximum atomic E-state index is 10.5. The predicted octanol–water partition coefficient (Wildman–Crippen LogP) is 2.19. The number of aromatic nitrogens is 2. The first-order valence-electron chi connectivity index (χ1n) is 3.74. The molecule has 70 valence electrons. The van der Waals surface area contributed by atoms with Crippen molar-refractivity contribution < 1.29 is 4.92 Å². The number of non-ortho nitro benzene ring substituents is 1. The average Bonchev–Trinajstić information content (AvgIpc) is 2.17. The van der Waals surface area contributed by atoms with Gasteiger partial charge in [-0.25, -0.2) is 0 Å². The highest BCUT2D eigenvalue weighted by atomic mass is 35.5. The van der Waals surface area contributed by atoms with Crippen molar-refractivity contribution in [1.82, 2.24) is 10.2 Å². The van der Waals surface area contributed by atoms with Gasteiger partial charge in [0.05, 0.1) is 16.1 Å². The third kappa shape index (κ3) is 1.38. The molecule has 2 aromatic rings. The molecule has 1 heterocycles. The highest BCUT2D eigenvalue weighted by Gasteiger charge is 2.08. The van der Waals surface area contributed by atoms with E-state index in [9.17, 15) is 10.1 Å². The van der Waals surface area contributed by atoms with E-state index in [1.54, 1.807) is 6.07 Å². The lowest BCUT2D eigenvalue weighted by atomic mass is 10.2. The Labute approximate surface area is 83.5 Å². The van der Waals surface area contributed by atoms with Gasteiger partial charge in [-0.1, -0.05) is 11.6 Å². The maximum Gasteiger partial charge on any atom is 0.271 e. The Morgan fingerprint density at radius 3 is 2.93 bits per heavy atom. The Balaban J connectivity index is 2.73. The molecule has 5 nitrogen and oxygen atoms in total. The van der Waals surface area contributed by atoms with E-state index in [4.69, 9.17) is 11.6 Å². The molecular formula is C8H4ClN3O2. The standard InChI is InChI=1S/C8H4ClN3O2/c9-7-4-10-11-8-3-5(12(13)14)1-2-6(7)8/h1-4H. The van der Waals surface area contributed by atoms with Gasteiger partial charge in [-0.3, -0.25) is 10.1 Å². The summed E-state index contributed by atoms with van der Waals surface area (Å²) >= 11 is 5.82. The fraction of sp³-hybridized carbons (Fsp3) is 0. The summed E-state index contributed by atoms with van der Waals surface area (Å²) in [5, 5.41) is 18.9.